The number of carbonyl (C=O) groups is 1. The monoisotopic (exact) mass is 286 g/mol. The summed E-state index contributed by atoms with van der Waals surface area (Å²) in [5.41, 5.74) is 5.43. The first kappa shape index (κ1) is 13.3. The van der Waals surface area contributed by atoms with E-state index in [1.165, 1.54) is 24.0 Å². The van der Waals surface area contributed by atoms with Gasteiger partial charge in [0.15, 0.2) is 5.78 Å². The topological polar surface area (TPSA) is 17.1 Å². The summed E-state index contributed by atoms with van der Waals surface area (Å²) >= 11 is 0. The zero-order chi connectivity index (χ0) is 15.1. The fourth-order valence-corrected chi connectivity index (χ4v) is 3.54. The van der Waals surface area contributed by atoms with Crippen LogP contribution in [0.1, 0.15) is 41.3 Å². The molecule has 0 N–H and O–H groups in total. The van der Waals surface area contributed by atoms with Crippen molar-refractivity contribution in [2.45, 2.75) is 26.2 Å². The zero-order valence-electron chi connectivity index (χ0n) is 12.7. The first-order valence-corrected chi connectivity index (χ1v) is 8.00. The number of aryl methyl sites for hydroxylation is 1. The van der Waals surface area contributed by atoms with Gasteiger partial charge in [-0.1, -0.05) is 67.9 Å². The first-order chi connectivity index (χ1) is 10.8. The van der Waals surface area contributed by atoms with Crippen molar-refractivity contribution in [1.82, 2.24) is 0 Å². The lowest BCUT2D eigenvalue weighted by Crippen LogP contribution is -2.11. The maximum Gasteiger partial charge on any atom is 0.194 e. The van der Waals surface area contributed by atoms with E-state index in [1.807, 2.05) is 30.3 Å². The van der Waals surface area contributed by atoms with Crippen molar-refractivity contribution < 1.29 is 4.79 Å². The molecule has 4 rings (SSSR count). The molecular formula is C21H18O. The summed E-state index contributed by atoms with van der Waals surface area (Å²) in [5, 5.41) is 2.30. The summed E-state index contributed by atoms with van der Waals surface area (Å²) in [5.74, 6) is 0.154. The van der Waals surface area contributed by atoms with Gasteiger partial charge >= 0.3 is 0 Å². The Bertz CT molecular complexity index is 890. The maximum atomic E-state index is 12.8. The molecule has 0 fully saturated rings. The summed E-state index contributed by atoms with van der Waals surface area (Å²) in [4.78, 5) is 12.8. The molecule has 0 amide bonds. The van der Waals surface area contributed by atoms with Crippen LogP contribution in [0, 0.1) is 0 Å². The lowest BCUT2D eigenvalue weighted by molar-refractivity contribution is 0.104. The van der Waals surface area contributed by atoms with Gasteiger partial charge < -0.3 is 0 Å². The Morgan fingerprint density at radius 2 is 1.59 bits per heavy atom. The maximum absolute atomic E-state index is 12.8. The Balaban J connectivity index is 2.12. The lowest BCUT2D eigenvalue weighted by atomic mass is 9.80. The van der Waals surface area contributed by atoms with Crippen molar-refractivity contribution in [2.75, 3.05) is 0 Å². The quantitative estimate of drug-likeness (QED) is 0.493. The van der Waals surface area contributed by atoms with Gasteiger partial charge in [0.05, 0.1) is 0 Å². The number of benzene rings is 3. The number of fused-ring (bicyclic) bond motifs is 2. The Labute approximate surface area is 130 Å². The normalized spacial score (nSPS) is 12.5. The van der Waals surface area contributed by atoms with Crippen molar-refractivity contribution in [1.29, 1.82) is 0 Å². The van der Waals surface area contributed by atoms with Crippen LogP contribution in [0.15, 0.2) is 54.6 Å². The molecule has 0 heterocycles. The molecular weight excluding hydrogens is 268 g/mol. The number of unbranched alkanes of at least 4 members (excludes halogenated alkanes) is 1. The van der Waals surface area contributed by atoms with Crippen molar-refractivity contribution in [3.63, 3.8) is 0 Å². The lowest BCUT2D eigenvalue weighted by Gasteiger charge is -2.22. The van der Waals surface area contributed by atoms with E-state index in [0.717, 1.165) is 33.9 Å². The molecule has 0 saturated heterocycles. The van der Waals surface area contributed by atoms with Crippen LogP contribution in [0.2, 0.25) is 0 Å². The average Bonchev–Trinajstić information content (AvgIpc) is 2.57. The van der Waals surface area contributed by atoms with Gasteiger partial charge in [0.2, 0.25) is 0 Å². The number of hydrogen-bond donors (Lipinski definition) is 0. The van der Waals surface area contributed by atoms with Crippen LogP contribution < -0.4 is 0 Å². The highest BCUT2D eigenvalue weighted by Crippen LogP contribution is 2.41. The molecule has 1 nitrogen and oxygen atoms in total. The van der Waals surface area contributed by atoms with Gasteiger partial charge in [-0.15, -0.1) is 0 Å². The van der Waals surface area contributed by atoms with Crippen LogP contribution in [0.4, 0.5) is 0 Å². The molecule has 22 heavy (non-hydrogen) atoms. The molecule has 0 radical (unpaired) electrons. The molecule has 0 atom stereocenters. The highest BCUT2D eigenvalue weighted by atomic mass is 16.1. The minimum atomic E-state index is 0.154. The molecule has 0 saturated carbocycles. The van der Waals surface area contributed by atoms with Crippen LogP contribution in [0.5, 0.6) is 0 Å². The standard InChI is InChI=1S/C21H18O/c1-2-3-7-14-12-13-15-8-6-11-18-20(15)19(14)16-9-4-5-10-17(16)21(18)22/h4-6,8-13H,2-3,7H2,1H3. The van der Waals surface area contributed by atoms with Crippen LogP contribution in [-0.4, -0.2) is 5.78 Å². The predicted octanol–water partition coefficient (Wildman–Crippen LogP) is 5.39. The van der Waals surface area contributed by atoms with Crippen molar-refractivity contribution in [2.24, 2.45) is 0 Å². The van der Waals surface area contributed by atoms with E-state index in [-0.39, 0.29) is 5.78 Å². The minimum absolute atomic E-state index is 0.154. The van der Waals surface area contributed by atoms with Gasteiger partial charge in [0, 0.05) is 16.5 Å². The third-order valence-electron chi connectivity index (χ3n) is 4.62. The van der Waals surface area contributed by atoms with Gasteiger partial charge in [-0.3, -0.25) is 4.79 Å². The summed E-state index contributed by atoms with van der Waals surface area (Å²) in [7, 11) is 0. The third-order valence-corrected chi connectivity index (χ3v) is 4.62. The second kappa shape index (κ2) is 5.10. The highest BCUT2D eigenvalue weighted by Gasteiger charge is 2.26. The number of ketones is 1. The molecule has 1 aliphatic rings. The van der Waals surface area contributed by atoms with Gasteiger partial charge in [-0.05, 0) is 34.9 Å². The molecule has 1 heteroatoms. The number of rotatable bonds is 3. The predicted molar refractivity (Wildman–Crippen MR) is 91.4 cm³/mol. The van der Waals surface area contributed by atoms with Gasteiger partial charge in [0.25, 0.3) is 0 Å². The number of carbonyl (C=O) groups excluding carboxylic acids is 1. The van der Waals surface area contributed by atoms with Crippen LogP contribution in [-0.2, 0) is 6.42 Å². The highest BCUT2D eigenvalue weighted by molar-refractivity contribution is 6.26. The number of hydrogen-bond acceptors (Lipinski definition) is 1. The van der Waals surface area contributed by atoms with Crippen LogP contribution >= 0.6 is 0 Å². The minimum Gasteiger partial charge on any atom is -0.289 e. The second-order valence-corrected chi connectivity index (χ2v) is 5.98. The van der Waals surface area contributed by atoms with E-state index >= 15 is 0 Å². The van der Waals surface area contributed by atoms with E-state index < -0.39 is 0 Å². The molecule has 0 aliphatic heterocycles. The molecule has 1 aliphatic carbocycles. The molecule has 0 spiro atoms. The molecule has 0 aromatic heterocycles. The third kappa shape index (κ3) is 1.82. The largest absolute Gasteiger partial charge is 0.289 e. The summed E-state index contributed by atoms with van der Waals surface area (Å²) < 4.78 is 0. The van der Waals surface area contributed by atoms with Crippen LogP contribution in [0.25, 0.3) is 21.9 Å². The molecule has 3 aromatic carbocycles. The van der Waals surface area contributed by atoms with E-state index in [4.69, 9.17) is 0 Å². The Hall–Kier alpha value is -2.41. The Kier molecular flexibility index (Phi) is 3.07. The molecule has 3 aromatic rings. The smallest absolute Gasteiger partial charge is 0.194 e. The zero-order valence-corrected chi connectivity index (χ0v) is 12.7. The van der Waals surface area contributed by atoms with Crippen molar-refractivity contribution >= 4 is 16.6 Å². The van der Waals surface area contributed by atoms with E-state index in [1.54, 1.807) is 0 Å². The molecule has 0 bridgehead atoms. The summed E-state index contributed by atoms with van der Waals surface area (Å²) in [6.07, 6.45) is 3.43. The van der Waals surface area contributed by atoms with E-state index in [2.05, 4.69) is 31.2 Å². The fraction of sp³-hybridized carbons (Fsp3) is 0.190. The SMILES string of the molecule is CCCCc1ccc2cccc3c2c1-c1ccccc1C3=O. The average molecular weight is 286 g/mol. The van der Waals surface area contributed by atoms with Crippen LogP contribution in [0.3, 0.4) is 0 Å². The van der Waals surface area contributed by atoms with E-state index in [0.29, 0.717) is 0 Å². The Morgan fingerprint density at radius 3 is 2.41 bits per heavy atom. The van der Waals surface area contributed by atoms with Gasteiger partial charge in [-0.2, -0.15) is 0 Å². The molecule has 0 unspecified atom stereocenters. The van der Waals surface area contributed by atoms with Gasteiger partial charge in [0.1, 0.15) is 0 Å². The summed E-state index contributed by atoms with van der Waals surface area (Å²) in [6, 6.07) is 18.5. The first-order valence-electron chi connectivity index (χ1n) is 8.00. The summed E-state index contributed by atoms with van der Waals surface area (Å²) in [6.45, 7) is 2.22. The Morgan fingerprint density at radius 1 is 0.818 bits per heavy atom. The van der Waals surface area contributed by atoms with E-state index in [9.17, 15) is 4.79 Å². The second-order valence-electron chi connectivity index (χ2n) is 5.98. The molecule has 108 valence electrons. The van der Waals surface area contributed by atoms with Gasteiger partial charge in [-0.25, -0.2) is 0 Å². The van der Waals surface area contributed by atoms with Crippen molar-refractivity contribution in [3.05, 3.63) is 71.3 Å². The van der Waals surface area contributed by atoms with Crippen molar-refractivity contribution in [3.8, 4) is 11.1 Å². The fourth-order valence-electron chi connectivity index (χ4n) is 3.54.